The summed E-state index contributed by atoms with van der Waals surface area (Å²) in [5, 5.41) is 0. The van der Waals surface area contributed by atoms with E-state index in [1.54, 1.807) is 0 Å². The van der Waals surface area contributed by atoms with Crippen molar-refractivity contribution in [1.82, 2.24) is 0 Å². The molecule has 0 fully saturated rings. The average molecular weight is 255 g/mol. The number of aryl methyl sites for hydroxylation is 2. The fraction of sp³-hybridized carbons (Fsp3) is 0.444. The van der Waals surface area contributed by atoms with Gasteiger partial charge in [0.2, 0.25) is 0 Å². The molecule has 0 radical (unpaired) electrons. The third kappa shape index (κ3) is 2.75. The van der Waals surface area contributed by atoms with E-state index in [-0.39, 0.29) is 0 Å². The van der Waals surface area contributed by atoms with Gasteiger partial charge in [-0.05, 0) is 68.9 Å². The lowest BCUT2D eigenvalue weighted by atomic mass is 9.92. The molecule has 0 aliphatic heterocycles. The SMILES string of the molecule is CC1=CC(N(C)c2cc(C)cc(C)c2C)=CCC1C. The molecule has 1 aromatic carbocycles. The van der Waals surface area contributed by atoms with Gasteiger partial charge in [-0.3, -0.25) is 0 Å². The van der Waals surface area contributed by atoms with Gasteiger partial charge in [-0.1, -0.05) is 24.6 Å². The second kappa shape index (κ2) is 5.24. The highest BCUT2D eigenvalue weighted by Crippen LogP contribution is 2.30. The lowest BCUT2D eigenvalue weighted by molar-refractivity contribution is 0.678. The minimum atomic E-state index is 0.678. The molecule has 1 aliphatic carbocycles. The van der Waals surface area contributed by atoms with Crippen LogP contribution in [0.5, 0.6) is 0 Å². The van der Waals surface area contributed by atoms with E-state index in [1.807, 2.05) is 0 Å². The van der Waals surface area contributed by atoms with E-state index in [9.17, 15) is 0 Å². The van der Waals surface area contributed by atoms with Gasteiger partial charge in [-0.2, -0.15) is 0 Å². The first kappa shape index (κ1) is 13.9. The average Bonchev–Trinajstić information content (AvgIpc) is 2.36. The highest BCUT2D eigenvalue weighted by atomic mass is 15.1. The first-order valence-electron chi connectivity index (χ1n) is 7.10. The van der Waals surface area contributed by atoms with Crippen LogP contribution in [0.1, 0.15) is 37.0 Å². The molecule has 1 heteroatoms. The molecule has 1 atom stereocenters. The second-order valence-corrected chi connectivity index (χ2v) is 5.94. The molecule has 0 spiro atoms. The van der Waals surface area contributed by atoms with Crippen LogP contribution in [0.15, 0.2) is 35.6 Å². The minimum absolute atomic E-state index is 0.678. The highest BCUT2D eigenvalue weighted by Gasteiger charge is 2.15. The second-order valence-electron chi connectivity index (χ2n) is 5.94. The first-order chi connectivity index (χ1) is 8.90. The molecule has 0 saturated heterocycles. The Kier molecular flexibility index (Phi) is 3.84. The summed E-state index contributed by atoms with van der Waals surface area (Å²) >= 11 is 0. The summed E-state index contributed by atoms with van der Waals surface area (Å²) in [5.74, 6) is 0.678. The van der Waals surface area contributed by atoms with Crippen LogP contribution in [0.4, 0.5) is 5.69 Å². The summed E-state index contributed by atoms with van der Waals surface area (Å²) in [6, 6.07) is 4.54. The Hall–Kier alpha value is -1.50. The zero-order valence-electron chi connectivity index (χ0n) is 13.0. The third-order valence-electron chi connectivity index (χ3n) is 4.37. The summed E-state index contributed by atoms with van der Waals surface area (Å²) in [4.78, 5) is 2.32. The number of benzene rings is 1. The predicted molar refractivity (Wildman–Crippen MR) is 84.7 cm³/mol. The van der Waals surface area contributed by atoms with Gasteiger partial charge in [-0.15, -0.1) is 0 Å². The molecular formula is C18H25N. The number of likely N-dealkylation sites (N-methyl/N-ethyl adjacent to an activating group) is 1. The molecule has 0 amide bonds. The normalized spacial score (nSPS) is 18.9. The summed E-state index contributed by atoms with van der Waals surface area (Å²) < 4.78 is 0. The van der Waals surface area contributed by atoms with Gasteiger partial charge in [0.1, 0.15) is 0 Å². The number of anilines is 1. The Bertz CT molecular complexity index is 549. The Morgan fingerprint density at radius 3 is 2.42 bits per heavy atom. The number of allylic oxidation sites excluding steroid dienone is 3. The molecule has 0 heterocycles. The molecule has 102 valence electrons. The number of nitrogens with zero attached hydrogens (tertiary/aromatic N) is 1. The quantitative estimate of drug-likeness (QED) is 0.725. The van der Waals surface area contributed by atoms with Gasteiger partial charge in [0.15, 0.2) is 0 Å². The van der Waals surface area contributed by atoms with Gasteiger partial charge < -0.3 is 4.90 Å². The van der Waals surface area contributed by atoms with E-state index < -0.39 is 0 Å². The standard InChI is InChI=1S/C18H25N/c1-12-9-15(4)16(5)18(10-12)19(6)17-8-7-13(2)14(3)11-17/h8-11,13H,7H2,1-6H3. The lowest BCUT2D eigenvalue weighted by Crippen LogP contribution is -2.19. The maximum absolute atomic E-state index is 2.36. The van der Waals surface area contributed by atoms with Crippen LogP contribution >= 0.6 is 0 Å². The molecule has 0 N–H and O–H groups in total. The Labute approximate surface area is 117 Å². The van der Waals surface area contributed by atoms with Crippen molar-refractivity contribution in [2.24, 2.45) is 5.92 Å². The van der Waals surface area contributed by atoms with E-state index in [0.29, 0.717) is 5.92 Å². The molecular weight excluding hydrogens is 230 g/mol. The Morgan fingerprint density at radius 2 is 1.79 bits per heavy atom. The fourth-order valence-electron chi connectivity index (χ4n) is 2.66. The maximum atomic E-state index is 2.36. The Balaban J connectivity index is 2.38. The monoisotopic (exact) mass is 255 g/mol. The zero-order valence-corrected chi connectivity index (χ0v) is 13.0. The Morgan fingerprint density at radius 1 is 1.11 bits per heavy atom. The van der Waals surface area contributed by atoms with Crippen molar-refractivity contribution in [3.8, 4) is 0 Å². The highest BCUT2D eigenvalue weighted by molar-refractivity contribution is 5.62. The van der Waals surface area contributed by atoms with Crippen LogP contribution in [-0.4, -0.2) is 7.05 Å². The summed E-state index contributed by atoms with van der Waals surface area (Å²) in [6.07, 6.45) is 5.83. The largest absolute Gasteiger partial charge is 0.345 e. The van der Waals surface area contributed by atoms with Crippen molar-refractivity contribution in [2.75, 3.05) is 11.9 Å². The fourth-order valence-corrected chi connectivity index (χ4v) is 2.66. The van der Waals surface area contributed by atoms with Gasteiger partial charge in [0.05, 0.1) is 0 Å². The van der Waals surface area contributed by atoms with Crippen LogP contribution < -0.4 is 4.90 Å². The van der Waals surface area contributed by atoms with E-state index in [4.69, 9.17) is 0 Å². The lowest BCUT2D eigenvalue weighted by Gasteiger charge is -2.28. The summed E-state index contributed by atoms with van der Waals surface area (Å²) in [5.41, 5.74) is 8.19. The van der Waals surface area contributed by atoms with E-state index in [2.05, 4.69) is 70.9 Å². The van der Waals surface area contributed by atoms with Crippen molar-refractivity contribution < 1.29 is 0 Å². The van der Waals surface area contributed by atoms with Crippen LogP contribution in [0.3, 0.4) is 0 Å². The number of hydrogen-bond donors (Lipinski definition) is 0. The molecule has 1 aromatic rings. The summed E-state index contributed by atoms with van der Waals surface area (Å²) in [6.45, 7) is 11.1. The molecule has 19 heavy (non-hydrogen) atoms. The molecule has 0 aromatic heterocycles. The number of hydrogen-bond acceptors (Lipinski definition) is 1. The van der Waals surface area contributed by atoms with Gasteiger partial charge >= 0.3 is 0 Å². The first-order valence-corrected chi connectivity index (χ1v) is 7.10. The van der Waals surface area contributed by atoms with E-state index in [1.165, 1.54) is 33.6 Å². The van der Waals surface area contributed by atoms with Crippen LogP contribution in [0, 0.1) is 26.7 Å². The smallest absolute Gasteiger partial charge is 0.0443 e. The maximum Gasteiger partial charge on any atom is 0.0443 e. The van der Waals surface area contributed by atoms with Crippen LogP contribution in [-0.2, 0) is 0 Å². The van der Waals surface area contributed by atoms with Gasteiger partial charge in [-0.25, -0.2) is 0 Å². The van der Waals surface area contributed by atoms with E-state index in [0.717, 1.165) is 6.42 Å². The topological polar surface area (TPSA) is 3.24 Å². The van der Waals surface area contributed by atoms with Gasteiger partial charge in [0.25, 0.3) is 0 Å². The van der Waals surface area contributed by atoms with E-state index >= 15 is 0 Å². The number of rotatable bonds is 2. The van der Waals surface area contributed by atoms with Crippen LogP contribution in [0.2, 0.25) is 0 Å². The third-order valence-corrected chi connectivity index (χ3v) is 4.37. The van der Waals surface area contributed by atoms with Crippen molar-refractivity contribution in [2.45, 2.75) is 41.0 Å². The molecule has 0 saturated carbocycles. The summed E-state index contributed by atoms with van der Waals surface area (Å²) in [7, 11) is 2.17. The molecule has 1 aliphatic rings. The van der Waals surface area contributed by atoms with Crippen molar-refractivity contribution in [1.29, 1.82) is 0 Å². The molecule has 1 unspecified atom stereocenters. The molecule has 2 rings (SSSR count). The van der Waals surface area contributed by atoms with Gasteiger partial charge in [0, 0.05) is 18.4 Å². The van der Waals surface area contributed by atoms with Crippen molar-refractivity contribution in [3.05, 3.63) is 52.2 Å². The van der Waals surface area contributed by atoms with Crippen molar-refractivity contribution >= 4 is 5.69 Å². The zero-order chi connectivity index (χ0) is 14.2. The minimum Gasteiger partial charge on any atom is -0.345 e. The molecule has 0 bridgehead atoms. The van der Waals surface area contributed by atoms with Crippen LogP contribution in [0.25, 0.3) is 0 Å². The molecule has 1 nitrogen and oxygen atoms in total. The predicted octanol–water partition coefficient (Wildman–Crippen LogP) is 4.92. The van der Waals surface area contributed by atoms with Crippen molar-refractivity contribution in [3.63, 3.8) is 0 Å².